The second-order valence-electron chi connectivity index (χ2n) is 6.59. The molecular weight excluding hydrogens is 212 g/mol. The molecule has 2 rings (SSSR count). The minimum Gasteiger partial charge on any atom is -0.390 e. The van der Waals surface area contributed by atoms with Gasteiger partial charge in [0.25, 0.3) is 0 Å². The molecule has 1 aliphatic carbocycles. The van der Waals surface area contributed by atoms with Crippen LogP contribution in [0.25, 0.3) is 0 Å². The molecule has 98 valence electrons. The maximum atomic E-state index is 9.97. The molecule has 3 atom stereocenters. The third-order valence-electron chi connectivity index (χ3n) is 4.71. The first-order valence-corrected chi connectivity index (χ1v) is 6.87. The summed E-state index contributed by atoms with van der Waals surface area (Å²) in [6.07, 6.45) is 7.45. The smallest absolute Gasteiger partial charge is 0.0891 e. The van der Waals surface area contributed by atoms with Crippen molar-refractivity contribution in [2.24, 2.45) is 5.92 Å². The van der Waals surface area contributed by atoms with Crippen LogP contribution in [0.4, 0.5) is 0 Å². The van der Waals surface area contributed by atoms with Gasteiger partial charge in [0.1, 0.15) is 0 Å². The molecule has 1 fully saturated rings. The zero-order valence-corrected chi connectivity index (χ0v) is 11.6. The topological polar surface area (TPSA) is 29.5 Å². The van der Waals surface area contributed by atoms with Crippen molar-refractivity contribution in [1.82, 2.24) is 0 Å². The van der Waals surface area contributed by atoms with E-state index in [9.17, 15) is 5.11 Å². The molecule has 1 aliphatic heterocycles. The van der Waals surface area contributed by atoms with Gasteiger partial charge in [0, 0.05) is 0 Å². The van der Waals surface area contributed by atoms with E-state index in [1.165, 1.54) is 18.4 Å². The fourth-order valence-electron chi connectivity index (χ4n) is 3.30. The Balaban J connectivity index is 2.10. The number of hydrogen-bond acceptors (Lipinski definition) is 2. The van der Waals surface area contributed by atoms with Crippen LogP contribution < -0.4 is 0 Å². The van der Waals surface area contributed by atoms with E-state index in [-0.39, 0.29) is 11.7 Å². The normalized spacial score (nSPS) is 42.1. The molecule has 0 aromatic carbocycles. The highest BCUT2D eigenvalue weighted by molar-refractivity contribution is 5.07. The predicted molar refractivity (Wildman–Crippen MR) is 69.9 cm³/mol. The van der Waals surface area contributed by atoms with Gasteiger partial charge in [-0.25, -0.2) is 0 Å². The standard InChI is InChI=1S/C15H26O2/c1-11-5-7-12(8-6-11)15(4)10-9-13(16)14(2,3)17-15/h5,12-13,16H,6-10H2,1-4H3. The molecule has 2 nitrogen and oxygen atoms in total. The van der Waals surface area contributed by atoms with Gasteiger partial charge in [-0.3, -0.25) is 0 Å². The molecule has 0 radical (unpaired) electrons. The zero-order chi connectivity index (χ0) is 12.7. The number of aliphatic hydroxyl groups excluding tert-OH is 1. The highest BCUT2D eigenvalue weighted by Gasteiger charge is 2.46. The Bertz CT molecular complexity index is 319. The molecular formula is C15H26O2. The fourth-order valence-corrected chi connectivity index (χ4v) is 3.30. The van der Waals surface area contributed by atoms with Crippen molar-refractivity contribution in [3.05, 3.63) is 11.6 Å². The Hall–Kier alpha value is -0.340. The highest BCUT2D eigenvalue weighted by Crippen LogP contribution is 2.44. The van der Waals surface area contributed by atoms with Crippen LogP contribution in [0.5, 0.6) is 0 Å². The lowest BCUT2D eigenvalue weighted by Crippen LogP contribution is -2.55. The predicted octanol–water partition coefficient (Wildman–Crippen LogP) is 3.44. The molecule has 0 bridgehead atoms. The third kappa shape index (κ3) is 2.58. The largest absolute Gasteiger partial charge is 0.390 e. The van der Waals surface area contributed by atoms with E-state index in [0.717, 1.165) is 19.3 Å². The van der Waals surface area contributed by atoms with Gasteiger partial charge in [-0.1, -0.05) is 11.6 Å². The van der Waals surface area contributed by atoms with Crippen LogP contribution in [-0.2, 0) is 4.74 Å². The fraction of sp³-hybridized carbons (Fsp3) is 0.867. The molecule has 17 heavy (non-hydrogen) atoms. The molecule has 0 amide bonds. The molecule has 0 saturated carbocycles. The Morgan fingerprint density at radius 2 is 2.00 bits per heavy atom. The number of allylic oxidation sites excluding steroid dienone is 2. The van der Waals surface area contributed by atoms with Crippen LogP contribution >= 0.6 is 0 Å². The van der Waals surface area contributed by atoms with Crippen LogP contribution in [0.3, 0.4) is 0 Å². The monoisotopic (exact) mass is 238 g/mol. The summed E-state index contributed by atoms with van der Waals surface area (Å²) >= 11 is 0. The van der Waals surface area contributed by atoms with Crippen molar-refractivity contribution in [1.29, 1.82) is 0 Å². The highest BCUT2D eigenvalue weighted by atomic mass is 16.5. The Labute approximate surface area is 105 Å². The van der Waals surface area contributed by atoms with Gasteiger partial charge in [0.05, 0.1) is 17.3 Å². The average molecular weight is 238 g/mol. The van der Waals surface area contributed by atoms with E-state index in [1.807, 2.05) is 13.8 Å². The number of hydrogen-bond donors (Lipinski definition) is 1. The summed E-state index contributed by atoms with van der Waals surface area (Å²) in [4.78, 5) is 0. The summed E-state index contributed by atoms with van der Waals surface area (Å²) in [5.41, 5.74) is 1.06. The molecule has 0 spiro atoms. The van der Waals surface area contributed by atoms with Gasteiger partial charge in [-0.2, -0.15) is 0 Å². The van der Waals surface area contributed by atoms with Crippen molar-refractivity contribution in [2.75, 3.05) is 0 Å². The molecule has 1 heterocycles. The summed E-state index contributed by atoms with van der Waals surface area (Å²) in [5, 5.41) is 9.97. The first kappa shape index (κ1) is 13.1. The van der Waals surface area contributed by atoms with Crippen LogP contribution in [0.15, 0.2) is 11.6 Å². The summed E-state index contributed by atoms with van der Waals surface area (Å²) in [7, 11) is 0. The first-order valence-electron chi connectivity index (χ1n) is 6.87. The van der Waals surface area contributed by atoms with E-state index in [0.29, 0.717) is 5.92 Å². The lowest BCUT2D eigenvalue weighted by molar-refractivity contribution is -0.233. The Kier molecular flexibility index (Phi) is 3.39. The third-order valence-corrected chi connectivity index (χ3v) is 4.71. The molecule has 0 aromatic heterocycles. The zero-order valence-electron chi connectivity index (χ0n) is 11.6. The number of rotatable bonds is 1. The Morgan fingerprint density at radius 1 is 1.29 bits per heavy atom. The lowest BCUT2D eigenvalue weighted by Gasteiger charge is -2.50. The van der Waals surface area contributed by atoms with Gasteiger partial charge in [-0.15, -0.1) is 0 Å². The van der Waals surface area contributed by atoms with E-state index >= 15 is 0 Å². The van der Waals surface area contributed by atoms with Crippen LogP contribution in [-0.4, -0.2) is 22.4 Å². The number of ether oxygens (including phenoxy) is 1. The van der Waals surface area contributed by atoms with Gasteiger partial charge in [0.15, 0.2) is 0 Å². The van der Waals surface area contributed by atoms with Gasteiger partial charge >= 0.3 is 0 Å². The second-order valence-corrected chi connectivity index (χ2v) is 6.59. The van der Waals surface area contributed by atoms with Crippen LogP contribution in [0, 0.1) is 5.92 Å². The number of aliphatic hydroxyl groups is 1. The molecule has 2 aliphatic rings. The SMILES string of the molecule is CC1=CCC(C2(C)CCC(O)C(C)(C)O2)CC1. The van der Waals surface area contributed by atoms with Gasteiger partial charge in [0.2, 0.25) is 0 Å². The minimum atomic E-state index is -0.400. The summed E-state index contributed by atoms with van der Waals surface area (Å²) in [6.45, 7) is 8.48. The van der Waals surface area contributed by atoms with E-state index in [2.05, 4.69) is 19.9 Å². The summed E-state index contributed by atoms with van der Waals surface area (Å²) in [5.74, 6) is 0.609. The Morgan fingerprint density at radius 3 is 2.53 bits per heavy atom. The molecule has 2 heteroatoms. The maximum absolute atomic E-state index is 9.97. The first-order chi connectivity index (χ1) is 7.83. The second kappa shape index (κ2) is 4.40. The van der Waals surface area contributed by atoms with Gasteiger partial charge < -0.3 is 9.84 Å². The van der Waals surface area contributed by atoms with Crippen molar-refractivity contribution in [3.8, 4) is 0 Å². The molecule has 1 saturated heterocycles. The lowest BCUT2D eigenvalue weighted by atomic mass is 9.73. The van der Waals surface area contributed by atoms with Crippen LogP contribution in [0.1, 0.15) is 59.8 Å². The summed E-state index contributed by atoms with van der Waals surface area (Å²) < 4.78 is 6.27. The molecule has 3 unspecified atom stereocenters. The average Bonchev–Trinajstić information content (AvgIpc) is 2.24. The van der Waals surface area contributed by atoms with E-state index < -0.39 is 5.60 Å². The quantitative estimate of drug-likeness (QED) is 0.709. The van der Waals surface area contributed by atoms with Crippen molar-refractivity contribution < 1.29 is 9.84 Å². The van der Waals surface area contributed by atoms with Crippen molar-refractivity contribution in [3.63, 3.8) is 0 Å². The maximum Gasteiger partial charge on any atom is 0.0891 e. The molecule has 1 N–H and O–H groups in total. The van der Waals surface area contributed by atoms with E-state index in [1.54, 1.807) is 0 Å². The van der Waals surface area contributed by atoms with Crippen molar-refractivity contribution >= 4 is 0 Å². The summed E-state index contributed by atoms with van der Waals surface area (Å²) in [6, 6.07) is 0. The molecule has 0 aromatic rings. The van der Waals surface area contributed by atoms with E-state index in [4.69, 9.17) is 4.74 Å². The van der Waals surface area contributed by atoms with Gasteiger partial charge in [-0.05, 0) is 65.7 Å². The van der Waals surface area contributed by atoms with Crippen LogP contribution in [0.2, 0.25) is 0 Å². The van der Waals surface area contributed by atoms with Crippen molar-refractivity contribution in [2.45, 2.75) is 77.1 Å². The minimum absolute atomic E-state index is 0.0556.